The number of fused-ring (bicyclic) bond motifs is 3. The van der Waals surface area contributed by atoms with E-state index in [1.54, 1.807) is 6.08 Å². The van der Waals surface area contributed by atoms with E-state index in [2.05, 4.69) is 13.0 Å². The summed E-state index contributed by atoms with van der Waals surface area (Å²) in [5.74, 6) is -0.264. The topological polar surface area (TPSA) is 101 Å². The molecule has 3 aliphatic rings. The smallest absolute Gasteiger partial charge is 0.142 e. The van der Waals surface area contributed by atoms with Crippen LogP contribution in [0.4, 0.5) is 0 Å². The van der Waals surface area contributed by atoms with Crippen molar-refractivity contribution >= 4 is 12.1 Å². The van der Waals surface area contributed by atoms with Gasteiger partial charge in [-0.05, 0) is 57.9 Å². The molecule has 0 saturated heterocycles. The molecule has 5 heteroatoms. The van der Waals surface area contributed by atoms with E-state index in [4.69, 9.17) is 5.73 Å². The number of carbonyl (C=O) groups is 2. The van der Waals surface area contributed by atoms with E-state index in [0.29, 0.717) is 25.7 Å². The van der Waals surface area contributed by atoms with Crippen molar-refractivity contribution in [2.75, 3.05) is 0 Å². The van der Waals surface area contributed by atoms with Crippen molar-refractivity contribution in [3.05, 3.63) is 23.8 Å². The first-order valence-electron chi connectivity index (χ1n) is 10.5. The van der Waals surface area contributed by atoms with E-state index in [9.17, 15) is 19.8 Å². The molecular formula is C23H35NO4. The van der Waals surface area contributed by atoms with E-state index in [1.165, 1.54) is 6.92 Å². The molecule has 28 heavy (non-hydrogen) atoms. The fourth-order valence-electron chi connectivity index (χ4n) is 7.34. The number of aliphatic hydroxyl groups is 2. The van der Waals surface area contributed by atoms with Gasteiger partial charge in [0.15, 0.2) is 0 Å². The summed E-state index contributed by atoms with van der Waals surface area (Å²) < 4.78 is 0. The van der Waals surface area contributed by atoms with E-state index >= 15 is 0 Å². The van der Waals surface area contributed by atoms with Crippen LogP contribution in [0, 0.1) is 22.7 Å². The highest BCUT2D eigenvalue weighted by Crippen LogP contribution is 2.67. The monoisotopic (exact) mass is 389 g/mol. The molecule has 0 aromatic heterocycles. The first-order chi connectivity index (χ1) is 13.0. The van der Waals surface area contributed by atoms with E-state index in [0.717, 1.165) is 18.3 Å². The number of carbonyl (C=O) groups excluding carboxylic acids is 2. The number of hydrogen-bond donors (Lipinski definition) is 3. The molecular weight excluding hydrogens is 354 g/mol. The summed E-state index contributed by atoms with van der Waals surface area (Å²) in [6.45, 7) is 7.52. The average molecular weight is 390 g/mol. The van der Waals surface area contributed by atoms with Gasteiger partial charge in [-0.2, -0.15) is 0 Å². The second-order valence-electron chi connectivity index (χ2n) is 9.89. The number of allylic oxidation sites excluding steroid dienone is 4. The molecule has 0 heterocycles. The van der Waals surface area contributed by atoms with Gasteiger partial charge in [-0.15, -0.1) is 0 Å². The van der Waals surface area contributed by atoms with Crippen LogP contribution in [0.3, 0.4) is 0 Å². The molecule has 7 atom stereocenters. The molecule has 6 unspecified atom stereocenters. The molecule has 0 radical (unpaired) electrons. The number of ketones is 1. The van der Waals surface area contributed by atoms with Crippen LogP contribution in [0.1, 0.15) is 66.2 Å². The summed E-state index contributed by atoms with van der Waals surface area (Å²) in [6, 6.07) is 0. The van der Waals surface area contributed by atoms with Gasteiger partial charge in [0.05, 0.1) is 11.7 Å². The van der Waals surface area contributed by atoms with Crippen molar-refractivity contribution in [1.82, 2.24) is 0 Å². The summed E-state index contributed by atoms with van der Waals surface area (Å²) in [5.41, 5.74) is 5.24. The van der Waals surface area contributed by atoms with Gasteiger partial charge in [0.2, 0.25) is 0 Å². The maximum atomic E-state index is 11.9. The van der Waals surface area contributed by atoms with Crippen LogP contribution in [0.5, 0.6) is 0 Å². The van der Waals surface area contributed by atoms with Crippen LogP contribution in [-0.4, -0.2) is 39.5 Å². The van der Waals surface area contributed by atoms with Crippen LogP contribution in [0.2, 0.25) is 0 Å². The van der Waals surface area contributed by atoms with Gasteiger partial charge in [0.1, 0.15) is 12.1 Å². The summed E-state index contributed by atoms with van der Waals surface area (Å²) in [4.78, 5) is 23.1. The number of rotatable bonds is 4. The van der Waals surface area contributed by atoms with Crippen LogP contribution >= 0.6 is 0 Å². The van der Waals surface area contributed by atoms with Crippen molar-refractivity contribution in [2.24, 2.45) is 28.4 Å². The lowest BCUT2D eigenvalue weighted by atomic mass is 9.43. The predicted octanol–water partition coefficient (Wildman–Crippen LogP) is 2.69. The molecule has 3 saturated carbocycles. The average Bonchev–Trinajstić information content (AvgIpc) is 2.81. The largest absolute Gasteiger partial charge is 0.393 e. The van der Waals surface area contributed by atoms with Crippen LogP contribution in [0.15, 0.2) is 23.8 Å². The first kappa shape index (κ1) is 21.4. The molecule has 0 amide bonds. The Labute approximate surface area is 168 Å². The zero-order valence-electron chi connectivity index (χ0n) is 17.6. The molecule has 0 spiro atoms. The minimum atomic E-state index is -1.13. The molecule has 5 nitrogen and oxygen atoms in total. The van der Waals surface area contributed by atoms with Gasteiger partial charge >= 0.3 is 0 Å². The summed E-state index contributed by atoms with van der Waals surface area (Å²) in [7, 11) is 0. The third kappa shape index (κ3) is 2.78. The second kappa shape index (κ2) is 6.89. The highest BCUT2D eigenvalue weighted by Gasteiger charge is 2.70. The fraction of sp³-hybridized carbons (Fsp3) is 0.739. The Bertz CT molecular complexity index is 730. The Balaban J connectivity index is 2.11. The molecule has 4 N–H and O–H groups in total. The van der Waals surface area contributed by atoms with Crippen LogP contribution < -0.4 is 5.73 Å². The highest BCUT2D eigenvalue weighted by atomic mass is 16.3. The maximum absolute atomic E-state index is 11.9. The maximum Gasteiger partial charge on any atom is 0.142 e. The first-order valence-corrected chi connectivity index (χ1v) is 10.5. The SMILES string of the molecule is C/C=C\C1(C)/C(=C\C=O)CCC2(N)C1C(O)CC1(C)C2CC[C@]1(O)CC(C)=O. The normalized spacial score (nSPS) is 49.8. The molecule has 3 rings (SSSR count). The van der Waals surface area contributed by atoms with Gasteiger partial charge in [-0.1, -0.05) is 31.6 Å². The predicted molar refractivity (Wildman–Crippen MR) is 108 cm³/mol. The Hall–Kier alpha value is -1.30. The molecule has 0 aromatic rings. The third-order valence-electron chi connectivity index (χ3n) is 8.41. The van der Waals surface area contributed by atoms with E-state index < -0.39 is 28.1 Å². The van der Waals surface area contributed by atoms with Crippen molar-refractivity contribution < 1.29 is 19.8 Å². The van der Waals surface area contributed by atoms with Crippen molar-refractivity contribution in [2.45, 2.75) is 83.5 Å². The number of aldehydes is 1. The lowest BCUT2D eigenvalue weighted by molar-refractivity contribution is -0.176. The van der Waals surface area contributed by atoms with Crippen molar-refractivity contribution in [3.63, 3.8) is 0 Å². The number of nitrogens with two attached hydrogens (primary N) is 1. The Morgan fingerprint density at radius 2 is 2.00 bits per heavy atom. The lowest BCUT2D eigenvalue weighted by Crippen LogP contribution is -2.71. The summed E-state index contributed by atoms with van der Waals surface area (Å²) in [6.07, 6.45) is 8.91. The van der Waals surface area contributed by atoms with Gasteiger partial charge < -0.3 is 15.9 Å². The number of hydrogen-bond acceptors (Lipinski definition) is 5. The second-order valence-corrected chi connectivity index (χ2v) is 9.89. The molecule has 0 aliphatic heterocycles. The minimum Gasteiger partial charge on any atom is -0.393 e. The Morgan fingerprint density at radius 3 is 2.57 bits per heavy atom. The Kier molecular flexibility index (Phi) is 5.27. The zero-order chi connectivity index (χ0) is 21.0. The molecule has 0 bridgehead atoms. The molecule has 3 aliphatic carbocycles. The van der Waals surface area contributed by atoms with Gasteiger partial charge in [0, 0.05) is 28.7 Å². The van der Waals surface area contributed by atoms with E-state index in [1.807, 2.05) is 19.9 Å². The van der Waals surface area contributed by atoms with Gasteiger partial charge in [-0.3, -0.25) is 9.59 Å². The summed E-state index contributed by atoms with van der Waals surface area (Å²) >= 11 is 0. The molecule has 0 aromatic carbocycles. The van der Waals surface area contributed by atoms with Gasteiger partial charge in [-0.25, -0.2) is 0 Å². The van der Waals surface area contributed by atoms with Crippen molar-refractivity contribution in [3.8, 4) is 0 Å². The van der Waals surface area contributed by atoms with E-state index in [-0.39, 0.29) is 24.0 Å². The highest BCUT2D eigenvalue weighted by molar-refractivity contribution is 5.77. The minimum absolute atomic E-state index is 0.0140. The number of Topliss-reactive ketones (excluding diaryl/α,β-unsaturated/α-hetero) is 1. The fourth-order valence-corrected chi connectivity index (χ4v) is 7.34. The quantitative estimate of drug-likeness (QED) is 0.390. The molecule has 3 fully saturated rings. The Morgan fingerprint density at radius 1 is 1.32 bits per heavy atom. The summed E-state index contributed by atoms with van der Waals surface area (Å²) in [5, 5.41) is 22.8. The lowest BCUT2D eigenvalue weighted by Gasteiger charge is -2.64. The van der Waals surface area contributed by atoms with Crippen molar-refractivity contribution in [1.29, 1.82) is 0 Å². The number of aliphatic hydroxyl groups excluding tert-OH is 1. The third-order valence-corrected chi connectivity index (χ3v) is 8.41. The zero-order valence-corrected chi connectivity index (χ0v) is 17.6. The van der Waals surface area contributed by atoms with Crippen LogP contribution in [-0.2, 0) is 9.59 Å². The molecule has 156 valence electrons. The standard InChI is InChI=1S/C23H35NO4/c1-5-9-20(3)16(8-12-25)6-11-23(24)18-7-10-22(28,13-15(2)26)21(18,4)14-17(27)19(20)23/h5,8-9,12,17-19,27-28H,6-7,10-11,13-14,24H2,1-4H3/b9-5-,16-8-/t17?,18?,19?,20?,21?,22-,23?/m0/s1. The van der Waals surface area contributed by atoms with Gasteiger partial charge in [0.25, 0.3) is 0 Å². The van der Waals surface area contributed by atoms with Crippen LogP contribution in [0.25, 0.3) is 0 Å².